The number of fused-ring (bicyclic) bond motifs is 1. The second-order valence-electron chi connectivity index (χ2n) is 4.62. The first kappa shape index (κ1) is 14.4. The predicted octanol–water partition coefficient (Wildman–Crippen LogP) is 4.53. The number of hydrogen-bond donors (Lipinski definition) is 2. The fourth-order valence-electron chi connectivity index (χ4n) is 1.99. The number of carbonyl (C=O) groups is 1. The van der Waals surface area contributed by atoms with Crippen LogP contribution in [-0.4, -0.2) is 11.0 Å². The van der Waals surface area contributed by atoms with Crippen LogP contribution in [0.2, 0.25) is 0 Å². The lowest BCUT2D eigenvalue weighted by Crippen LogP contribution is -2.20. The Morgan fingerprint density at radius 3 is 2.73 bits per heavy atom. The number of amides is 2. The maximum absolute atomic E-state index is 13.5. The number of hydrogen-bond acceptors (Lipinski definition) is 3. The van der Waals surface area contributed by atoms with Crippen molar-refractivity contribution in [2.45, 2.75) is 6.92 Å². The van der Waals surface area contributed by atoms with Gasteiger partial charge in [-0.15, -0.1) is 11.3 Å². The normalized spacial score (nSPS) is 10.7. The summed E-state index contributed by atoms with van der Waals surface area (Å²) in [5.41, 5.74) is 1.34. The van der Waals surface area contributed by atoms with Crippen LogP contribution in [0.3, 0.4) is 0 Å². The summed E-state index contributed by atoms with van der Waals surface area (Å²) in [7, 11) is 0. The molecule has 0 spiro atoms. The zero-order valence-corrected chi connectivity index (χ0v) is 12.3. The van der Waals surface area contributed by atoms with Crippen molar-refractivity contribution in [3.8, 4) is 0 Å². The Labute approximate surface area is 128 Å². The standard InChI is InChI=1S/C15H11F2N3OS/c1-8-18-13-5-3-10(7-14(13)22-8)19-15(21)20-12-4-2-9(16)6-11(12)17/h2-7H,1H3,(H2,19,20,21). The van der Waals surface area contributed by atoms with Gasteiger partial charge >= 0.3 is 6.03 Å². The van der Waals surface area contributed by atoms with E-state index in [4.69, 9.17) is 0 Å². The van der Waals surface area contributed by atoms with Gasteiger partial charge in [-0.05, 0) is 37.3 Å². The number of aryl methyl sites for hydroxylation is 1. The summed E-state index contributed by atoms with van der Waals surface area (Å²) in [6.07, 6.45) is 0. The van der Waals surface area contributed by atoms with Crippen molar-refractivity contribution in [3.05, 3.63) is 53.0 Å². The van der Waals surface area contributed by atoms with Gasteiger partial charge in [0.25, 0.3) is 0 Å². The van der Waals surface area contributed by atoms with E-state index in [0.717, 1.165) is 21.3 Å². The molecule has 1 aromatic heterocycles. The van der Waals surface area contributed by atoms with Gasteiger partial charge in [-0.25, -0.2) is 18.6 Å². The van der Waals surface area contributed by atoms with E-state index in [1.807, 2.05) is 6.92 Å². The van der Waals surface area contributed by atoms with E-state index >= 15 is 0 Å². The second kappa shape index (κ2) is 5.69. The molecular formula is C15H11F2N3OS. The van der Waals surface area contributed by atoms with Crippen LogP contribution in [-0.2, 0) is 0 Å². The molecule has 1 heterocycles. The highest BCUT2D eigenvalue weighted by atomic mass is 32.1. The van der Waals surface area contributed by atoms with Gasteiger partial charge in [-0.3, -0.25) is 0 Å². The maximum Gasteiger partial charge on any atom is 0.323 e. The van der Waals surface area contributed by atoms with Gasteiger partial charge < -0.3 is 10.6 Å². The average Bonchev–Trinajstić information content (AvgIpc) is 2.81. The second-order valence-corrected chi connectivity index (χ2v) is 5.85. The Morgan fingerprint density at radius 2 is 1.95 bits per heavy atom. The molecule has 0 saturated carbocycles. The van der Waals surface area contributed by atoms with Crippen molar-refractivity contribution in [3.63, 3.8) is 0 Å². The summed E-state index contributed by atoms with van der Waals surface area (Å²) in [5, 5.41) is 5.87. The van der Waals surface area contributed by atoms with Crippen LogP contribution in [0, 0.1) is 18.6 Å². The van der Waals surface area contributed by atoms with Gasteiger partial charge in [-0.1, -0.05) is 0 Å². The Bertz CT molecular complexity index is 863. The first-order valence-corrected chi connectivity index (χ1v) is 7.23. The maximum atomic E-state index is 13.5. The third kappa shape index (κ3) is 3.04. The number of rotatable bonds is 2. The number of nitrogens with one attached hydrogen (secondary N) is 2. The first-order valence-electron chi connectivity index (χ1n) is 6.41. The van der Waals surface area contributed by atoms with E-state index in [1.54, 1.807) is 18.2 Å². The topological polar surface area (TPSA) is 54.0 Å². The number of aromatic nitrogens is 1. The highest BCUT2D eigenvalue weighted by molar-refractivity contribution is 7.18. The van der Waals surface area contributed by atoms with E-state index in [2.05, 4.69) is 15.6 Å². The molecule has 4 nitrogen and oxygen atoms in total. The fourth-order valence-corrected chi connectivity index (χ4v) is 2.86. The van der Waals surface area contributed by atoms with Crippen molar-refractivity contribution in [2.24, 2.45) is 0 Å². The third-order valence-corrected chi connectivity index (χ3v) is 3.87. The molecule has 22 heavy (non-hydrogen) atoms. The lowest BCUT2D eigenvalue weighted by Gasteiger charge is -2.08. The van der Waals surface area contributed by atoms with E-state index in [-0.39, 0.29) is 5.69 Å². The van der Waals surface area contributed by atoms with Crippen LogP contribution in [0.25, 0.3) is 10.2 Å². The zero-order chi connectivity index (χ0) is 15.7. The van der Waals surface area contributed by atoms with Crippen molar-refractivity contribution in [2.75, 3.05) is 10.6 Å². The fraction of sp³-hybridized carbons (Fsp3) is 0.0667. The van der Waals surface area contributed by atoms with Gasteiger partial charge in [0.15, 0.2) is 0 Å². The molecule has 0 bridgehead atoms. The van der Waals surface area contributed by atoms with Crippen LogP contribution in [0.4, 0.5) is 25.0 Å². The van der Waals surface area contributed by atoms with Crippen LogP contribution in [0.15, 0.2) is 36.4 Å². The Hall–Kier alpha value is -2.54. The molecule has 2 N–H and O–H groups in total. The number of nitrogens with zero attached hydrogens (tertiary/aromatic N) is 1. The van der Waals surface area contributed by atoms with Gasteiger partial charge in [0, 0.05) is 11.8 Å². The summed E-state index contributed by atoms with van der Waals surface area (Å²) < 4.78 is 27.2. The Balaban J connectivity index is 1.74. The molecule has 0 saturated heterocycles. The van der Waals surface area contributed by atoms with Gasteiger partial charge in [0.1, 0.15) is 11.6 Å². The monoisotopic (exact) mass is 319 g/mol. The molecule has 0 radical (unpaired) electrons. The highest BCUT2D eigenvalue weighted by Gasteiger charge is 2.09. The van der Waals surface area contributed by atoms with E-state index in [9.17, 15) is 13.6 Å². The van der Waals surface area contributed by atoms with Crippen molar-refractivity contribution in [1.29, 1.82) is 0 Å². The molecule has 0 aliphatic heterocycles. The predicted molar refractivity (Wildman–Crippen MR) is 83.4 cm³/mol. The Kier molecular flexibility index (Phi) is 3.72. The van der Waals surface area contributed by atoms with Crippen LogP contribution in [0.5, 0.6) is 0 Å². The lowest BCUT2D eigenvalue weighted by molar-refractivity contribution is 0.262. The number of halogens is 2. The Morgan fingerprint density at radius 1 is 1.14 bits per heavy atom. The molecule has 3 aromatic rings. The van der Waals surface area contributed by atoms with E-state index in [1.165, 1.54) is 17.4 Å². The smallest absolute Gasteiger partial charge is 0.308 e. The first-order chi connectivity index (χ1) is 10.5. The number of carbonyl (C=O) groups excluding carboxylic acids is 1. The third-order valence-electron chi connectivity index (χ3n) is 2.93. The number of urea groups is 1. The number of thiazole rings is 1. The lowest BCUT2D eigenvalue weighted by atomic mass is 10.3. The van der Waals surface area contributed by atoms with Crippen LogP contribution >= 0.6 is 11.3 Å². The van der Waals surface area contributed by atoms with E-state index < -0.39 is 17.7 Å². The largest absolute Gasteiger partial charge is 0.323 e. The highest BCUT2D eigenvalue weighted by Crippen LogP contribution is 2.25. The summed E-state index contributed by atoms with van der Waals surface area (Å²) >= 11 is 1.52. The molecule has 0 aliphatic rings. The SMILES string of the molecule is Cc1nc2ccc(NC(=O)Nc3ccc(F)cc3F)cc2s1. The van der Waals surface area contributed by atoms with Crippen molar-refractivity contribution < 1.29 is 13.6 Å². The number of anilines is 2. The molecule has 3 rings (SSSR count). The molecule has 112 valence electrons. The van der Waals surface area contributed by atoms with Crippen LogP contribution in [0.1, 0.15) is 5.01 Å². The summed E-state index contributed by atoms with van der Waals surface area (Å²) in [5.74, 6) is -1.53. The minimum atomic E-state index is -0.830. The molecule has 0 aliphatic carbocycles. The molecule has 7 heteroatoms. The van der Waals surface area contributed by atoms with Gasteiger partial charge in [-0.2, -0.15) is 0 Å². The van der Waals surface area contributed by atoms with Crippen molar-refractivity contribution in [1.82, 2.24) is 4.98 Å². The molecular weight excluding hydrogens is 308 g/mol. The van der Waals surface area contributed by atoms with Crippen molar-refractivity contribution >= 4 is 39.0 Å². The van der Waals surface area contributed by atoms with Gasteiger partial charge in [0.2, 0.25) is 0 Å². The summed E-state index contributed by atoms with van der Waals surface area (Å²) in [6, 6.07) is 7.65. The van der Waals surface area contributed by atoms with Crippen LogP contribution < -0.4 is 10.6 Å². The summed E-state index contributed by atoms with van der Waals surface area (Å²) in [6.45, 7) is 1.90. The minimum Gasteiger partial charge on any atom is -0.308 e. The minimum absolute atomic E-state index is 0.0892. The van der Waals surface area contributed by atoms with Gasteiger partial charge in [0.05, 0.1) is 20.9 Å². The quantitative estimate of drug-likeness (QED) is 0.729. The molecule has 2 amide bonds. The molecule has 0 fully saturated rings. The summed E-state index contributed by atoms with van der Waals surface area (Å²) in [4.78, 5) is 16.2. The molecule has 0 atom stereocenters. The average molecular weight is 319 g/mol. The zero-order valence-electron chi connectivity index (χ0n) is 11.5. The van der Waals surface area contributed by atoms with E-state index in [0.29, 0.717) is 11.8 Å². The molecule has 0 unspecified atom stereocenters. The number of benzene rings is 2. The molecule has 2 aromatic carbocycles.